The van der Waals surface area contributed by atoms with E-state index >= 15 is 0 Å². The molecule has 24 heavy (non-hydrogen) atoms. The van der Waals surface area contributed by atoms with Crippen LogP contribution in [0.5, 0.6) is 0 Å². The fraction of sp³-hybridized carbons (Fsp3) is 0.353. The molecule has 3 rings (SSSR count). The minimum absolute atomic E-state index is 0. The fourth-order valence-electron chi connectivity index (χ4n) is 2.71. The summed E-state index contributed by atoms with van der Waals surface area (Å²) in [5.41, 5.74) is 2.19. The van der Waals surface area contributed by atoms with Crippen molar-refractivity contribution < 1.29 is 5.11 Å². The number of amidine groups is 1. The van der Waals surface area contributed by atoms with Crippen LogP contribution in [0.15, 0.2) is 41.8 Å². The molecular weight excluding hydrogens is 365 g/mol. The van der Waals surface area contributed by atoms with E-state index in [9.17, 15) is 5.11 Å². The molecule has 1 aromatic heterocycles. The molecule has 0 unspecified atom stereocenters. The fourth-order valence-corrected chi connectivity index (χ4v) is 3.34. The Labute approximate surface area is 159 Å². The molecular formula is C17H23Cl2N3OS. The monoisotopic (exact) mass is 387 g/mol. The zero-order valence-electron chi connectivity index (χ0n) is 13.3. The summed E-state index contributed by atoms with van der Waals surface area (Å²) in [4.78, 5) is 3.31. The van der Waals surface area contributed by atoms with Gasteiger partial charge in [-0.1, -0.05) is 18.2 Å². The van der Waals surface area contributed by atoms with Crippen LogP contribution in [0.1, 0.15) is 23.3 Å². The zero-order chi connectivity index (χ0) is 15.4. The Morgan fingerprint density at radius 1 is 1.21 bits per heavy atom. The van der Waals surface area contributed by atoms with Crippen molar-refractivity contribution in [2.45, 2.75) is 25.5 Å². The Balaban J connectivity index is 0.00000144. The van der Waals surface area contributed by atoms with E-state index in [0.717, 1.165) is 43.0 Å². The average Bonchev–Trinajstić information content (AvgIpc) is 3.04. The lowest BCUT2D eigenvalue weighted by Gasteiger charge is -2.29. The van der Waals surface area contributed by atoms with Gasteiger partial charge in [0.2, 0.25) is 0 Å². The summed E-state index contributed by atoms with van der Waals surface area (Å²) in [5, 5.41) is 22.8. The maximum atomic E-state index is 9.57. The van der Waals surface area contributed by atoms with Crippen LogP contribution in [0, 0.1) is 5.41 Å². The van der Waals surface area contributed by atoms with E-state index in [2.05, 4.69) is 22.3 Å². The SMILES string of the molecule is Cl.Cl.N=C(Nc1cccc(CN2CCC(O)CC2)c1)c1cccs1. The number of anilines is 1. The Kier molecular flexibility index (Phi) is 8.73. The first-order chi connectivity index (χ1) is 10.7. The van der Waals surface area contributed by atoms with E-state index in [4.69, 9.17) is 5.41 Å². The second-order valence-corrected chi connectivity index (χ2v) is 6.63. The van der Waals surface area contributed by atoms with Crippen molar-refractivity contribution in [1.29, 1.82) is 5.41 Å². The molecule has 0 radical (unpaired) electrons. The van der Waals surface area contributed by atoms with Gasteiger partial charge in [0.25, 0.3) is 0 Å². The number of hydrogen-bond acceptors (Lipinski definition) is 4. The number of piperidine rings is 1. The number of nitrogens with one attached hydrogen (secondary N) is 2. The van der Waals surface area contributed by atoms with Gasteiger partial charge in [-0.2, -0.15) is 0 Å². The minimum atomic E-state index is -0.129. The highest BCUT2D eigenvalue weighted by Gasteiger charge is 2.16. The van der Waals surface area contributed by atoms with E-state index in [1.54, 1.807) is 11.3 Å². The summed E-state index contributed by atoms with van der Waals surface area (Å²) in [7, 11) is 0. The highest BCUT2D eigenvalue weighted by Crippen LogP contribution is 2.18. The van der Waals surface area contributed by atoms with Gasteiger partial charge in [0, 0.05) is 25.3 Å². The van der Waals surface area contributed by atoms with Gasteiger partial charge in [-0.3, -0.25) is 10.3 Å². The summed E-state index contributed by atoms with van der Waals surface area (Å²) < 4.78 is 0. The zero-order valence-corrected chi connectivity index (χ0v) is 15.7. The number of rotatable bonds is 4. The van der Waals surface area contributed by atoms with E-state index in [0.29, 0.717) is 5.84 Å². The smallest absolute Gasteiger partial charge is 0.140 e. The van der Waals surface area contributed by atoms with Crippen molar-refractivity contribution in [2.75, 3.05) is 18.4 Å². The molecule has 132 valence electrons. The lowest BCUT2D eigenvalue weighted by Crippen LogP contribution is -2.35. The average molecular weight is 388 g/mol. The second-order valence-electron chi connectivity index (χ2n) is 5.69. The molecule has 1 saturated heterocycles. The molecule has 7 heteroatoms. The van der Waals surface area contributed by atoms with Crippen LogP contribution in [0.2, 0.25) is 0 Å². The van der Waals surface area contributed by atoms with Crippen molar-refractivity contribution in [3.05, 3.63) is 52.2 Å². The number of likely N-dealkylation sites (tertiary alicyclic amines) is 1. The molecule has 3 N–H and O–H groups in total. The standard InChI is InChI=1S/C17H21N3OS.2ClH/c18-17(16-5-2-10-22-16)19-14-4-1-3-13(11-14)12-20-8-6-15(21)7-9-20;;/h1-5,10-11,15,21H,6-9,12H2,(H2,18,19);2*1H. The molecule has 0 amide bonds. The van der Waals surface area contributed by atoms with Crippen LogP contribution < -0.4 is 5.32 Å². The Bertz CT molecular complexity index is 629. The van der Waals surface area contributed by atoms with Gasteiger partial charge in [-0.25, -0.2) is 0 Å². The third-order valence-corrected chi connectivity index (χ3v) is 4.81. The van der Waals surface area contributed by atoms with Crippen LogP contribution in [-0.4, -0.2) is 35.0 Å². The highest BCUT2D eigenvalue weighted by molar-refractivity contribution is 7.12. The Morgan fingerprint density at radius 3 is 2.62 bits per heavy atom. The molecule has 1 aliphatic rings. The van der Waals surface area contributed by atoms with Crippen LogP contribution in [0.3, 0.4) is 0 Å². The van der Waals surface area contributed by atoms with Crippen LogP contribution in [0.4, 0.5) is 5.69 Å². The molecule has 0 spiro atoms. The number of aliphatic hydroxyl groups excluding tert-OH is 1. The third-order valence-electron chi connectivity index (χ3n) is 3.93. The van der Waals surface area contributed by atoms with Crippen LogP contribution >= 0.6 is 36.2 Å². The van der Waals surface area contributed by atoms with Crippen molar-refractivity contribution in [3.63, 3.8) is 0 Å². The number of halogens is 2. The van der Waals surface area contributed by atoms with Gasteiger partial charge in [0.05, 0.1) is 11.0 Å². The number of thiophene rings is 1. The van der Waals surface area contributed by atoms with Crippen molar-refractivity contribution in [2.24, 2.45) is 0 Å². The maximum absolute atomic E-state index is 9.57. The molecule has 4 nitrogen and oxygen atoms in total. The first-order valence-corrected chi connectivity index (χ1v) is 8.47. The summed E-state index contributed by atoms with van der Waals surface area (Å²) in [6.07, 6.45) is 1.59. The first kappa shape index (κ1) is 20.9. The topological polar surface area (TPSA) is 59.4 Å². The summed E-state index contributed by atoms with van der Waals surface area (Å²) in [6.45, 7) is 2.79. The summed E-state index contributed by atoms with van der Waals surface area (Å²) in [6, 6.07) is 12.1. The van der Waals surface area contributed by atoms with Gasteiger partial charge in [-0.05, 0) is 42.0 Å². The van der Waals surface area contributed by atoms with Gasteiger partial charge >= 0.3 is 0 Å². The van der Waals surface area contributed by atoms with Crippen LogP contribution in [-0.2, 0) is 6.54 Å². The van der Waals surface area contributed by atoms with E-state index in [-0.39, 0.29) is 30.9 Å². The van der Waals surface area contributed by atoms with Gasteiger partial charge in [0.15, 0.2) is 0 Å². The molecule has 0 saturated carbocycles. The molecule has 2 heterocycles. The maximum Gasteiger partial charge on any atom is 0.140 e. The van der Waals surface area contributed by atoms with E-state index < -0.39 is 0 Å². The number of benzene rings is 1. The molecule has 1 fully saturated rings. The van der Waals surface area contributed by atoms with Crippen molar-refractivity contribution in [1.82, 2.24) is 4.90 Å². The molecule has 2 aromatic rings. The third kappa shape index (κ3) is 5.76. The Hall–Kier alpha value is -1.11. The number of nitrogens with zero attached hydrogens (tertiary/aromatic N) is 1. The van der Waals surface area contributed by atoms with Crippen LogP contribution in [0.25, 0.3) is 0 Å². The van der Waals surface area contributed by atoms with Crippen molar-refractivity contribution in [3.8, 4) is 0 Å². The lowest BCUT2D eigenvalue weighted by atomic mass is 10.1. The first-order valence-electron chi connectivity index (χ1n) is 7.59. The summed E-state index contributed by atoms with van der Waals surface area (Å²) >= 11 is 1.56. The Morgan fingerprint density at radius 2 is 1.96 bits per heavy atom. The van der Waals surface area contributed by atoms with Crippen molar-refractivity contribution >= 4 is 47.7 Å². The molecule has 0 aliphatic carbocycles. The van der Waals surface area contributed by atoms with E-state index in [1.165, 1.54) is 5.56 Å². The number of aliphatic hydroxyl groups is 1. The molecule has 1 aliphatic heterocycles. The second kappa shape index (κ2) is 10.0. The molecule has 1 aromatic carbocycles. The predicted octanol–water partition coefficient (Wildman–Crippen LogP) is 3.99. The van der Waals surface area contributed by atoms with Gasteiger partial charge in [0.1, 0.15) is 5.84 Å². The number of hydrogen-bond donors (Lipinski definition) is 3. The largest absolute Gasteiger partial charge is 0.393 e. The highest BCUT2D eigenvalue weighted by atomic mass is 35.5. The van der Waals surface area contributed by atoms with Gasteiger partial charge in [-0.15, -0.1) is 36.2 Å². The molecule has 0 atom stereocenters. The normalized spacial score (nSPS) is 15.2. The van der Waals surface area contributed by atoms with E-state index in [1.807, 2.05) is 29.6 Å². The summed E-state index contributed by atoms with van der Waals surface area (Å²) in [5.74, 6) is 0.438. The quantitative estimate of drug-likeness (QED) is 0.548. The minimum Gasteiger partial charge on any atom is -0.393 e. The lowest BCUT2D eigenvalue weighted by molar-refractivity contribution is 0.0792. The molecule has 0 bridgehead atoms. The van der Waals surface area contributed by atoms with Gasteiger partial charge < -0.3 is 10.4 Å². The predicted molar refractivity (Wildman–Crippen MR) is 106 cm³/mol.